The molecule has 1 aromatic heterocycles. The van der Waals surface area contributed by atoms with E-state index in [-0.39, 0.29) is 11.6 Å². The monoisotopic (exact) mass is 280 g/mol. The van der Waals surface area contributed by atoms with Gasteiger partial charge in [0.25, 0.3) is 0 Å². The van der Waals surface area contributed by atoms with Crippen molar-refractivity contribution >= 4 is 0 Å². The minimum atomic E-state index is 0.100. The Morgan fingerprint density at radius 2 is 1.90 bits per heavy atom. The third-order valence-electron chi connectivity index (χ3n) is 2.60. The van der Waals surface area contributed by atoms with Crippen LogP contribution in [0.2, 0.25) is 0 Å². The molecule has 0 aromatic carbocycles. The SMILES string of the molecule is Cc1cc(CNC(C)(C)C)cc(OCCOC(C)C)n1. The van der Waals surface area contributed by atoms with Crippen LogP contribution >= 0.6 is 0 Å². The first-order valence-electron chi connectivity index (χ1n) is 7.23. The number of pyridine rings is 1. The van der Waals surface area contributed by atoms with Crippen LogP contribution in [0.15, 0.2) is 12.1 Å². The third kappa shape index (κ3) is 7.46. The molecule has 0 unspecified atom stereocenters. The predicted molar refractivity (Wildman–Crippen MR) is 82.1 cm³/mol. The molecule has 0 aliphatic carbocycles. The topological polar surface area (TPSA) is 43.4 Å². The summed E-state index contributed by atoms with van der Waals surface area (Å²) in [6.07, 6.45) is 0.232. The lowest BCUT2D eigenvalue weighted by Crippen LogP contribution is -2.35. The fourth-order valence-electron chi connectivity index (χ4n) is 1.68. The lowest BCUT2D eigenvalue weighted by atomic mass is 10.1. The Balaban J connectivity index is 2.53. The first-order valence-corrected chi connectivity index (χ1v) is 7.23. The summed E-state index contributed by atoms with van der Waals surface area (Å²) in [6.45, 7) is 14.4. The summed E-state index contributed by atoms with van der Waals surface area (Å²) in [5.74, 6) is 0.670. The lowest BCUT2D eigenvalue weighted by Gasteiger charge is -2.20. The van der Waals surface area contributed by atoms with Gasteiger partial charge in [0.15, 0.2) is 0 Å². The van der Waals surface area contributed by atoms with Crippen molar-refractivity contribution in [3.05, 3.63) is 23.4 Å². The van der Waals surface area contributed by atoms with Gasteiger partial charge in [-0.1, -0.05) is 0 Å². The van der Waals surface area contributed by atoms with Crippen LogP contribution in [0, 0.1) is 6.92 Å². The lowest BCUT2D eigenvalue weighted by molar-refractivity contribution is 0.0542. The van der Waals surface area contributed by atoms with Gasteiger partial charge in [0.05, 0.1) is 12.7 Å². The van der Waals surface area contributed by atoms with Crippen molar-refractivity contribution < 1.29 is 9.47 Å². The maximum atomic E-state index is 5.65. The van der Waals surface area contributed by atoms with Gasteiger partial charge in [-0.15, -0.1) is 0 Å². The van der Waals surface area contributed by atoms with Crippen LogP contribution < -0.4 is 10.1 Å². The molecule has 0 spiro atoms. The summed E-state index contributed by atoms with van der Waals surface area (Å²) in [4.78, 5) is 4.39. The van der Waals surface area contributed by atoms with E-state index in [1.54, 1.807) is 0 Å². The maximum absolute atomic E-state index is 5.65. The largest absolute Gasteiger partial charge is 0.475 e. The van der Waals surface area contributed by atoms with E-state index >= 15 is 0 Å². The zero-order valence-corrected chi connectivity index (χ0v) is 13.6. The smallest absolute Gasteiger partial charge is 0.213 e. The van der Waals surface area contributed by atoms with Crippen molar-refractivity contribution in [1.29, 1.82) is 0 Å². The fourth-order valence-corrected chi connectivity index (χ4v) is 1.68. The average Bonchev–Trinajstić information content (AvgIpc) is 2.30. The number of aryl methyl sites for hydroxylation is 1. The molecule has 0 fully saturated rings. The molecule has 20 heavy (non-hydrogen) atoms. The van der Waals surface area contributed by atoms with Crippen LogP contribution in [0.1, 0.15) is 45.9 Å². The molecule has 0 amide bonds. The predicted octanol–water partition coefficient (Wildman–Crippen LogP) is 3.08. The van der Waals surface area contributed by atoms with E-state index in [4.69, 9.17) is 9.47 Å². The Bertz CT molecular complexity index is 411. The number of aromatic nitrogens is 1. The second-order valence-electron chi connectivity index (χ2n) is 6.33. The first kappa shape index (κ1) is 16.9. The van der Waals surface area contributed by atoms with E-state index in [0.717, 1.165) is 12.2 Å². The van der Waals surface area contributed by atoms with Gasteiger partial charge in [0.1, 0.15) is 6.61 Å². The van der Waals surface area contributed by atoms with Crippen molar-refractivity contribution in [2.24, 2.45) is 0 Å². The van der Waals surface area contributed by atoms with E-state index in [0.29, 0.717) is 19.1 Å². The Labute approximate surface area is 122 Å². The van der Waals surface area contributed by atoms with Crippen LogP contribution in [0.4, 0.5) is 0 Å². The molecule has 1 N–H and O–H groups in total. The molecule has 0 saturated heterocycles. The minimum Gasteiger partial charge on any atom is -0.475 e. The number of hydrogen-bond donors (Lipinski definition) is 1. The van der Waals surface area contributed by atoms with Crippen LogP contribution in [0.3, 0.4) is 0 Å². The minimum absolute atomic E-state index is 0.100. The highest BCUT2D eigenvalue weighted by molar-refractivity contribution is 5.24. The molecule has 4 heteroatoms. The summed E-state index contributed by atoms with van der Waals surface area (Å²) in [5, 5.41) is 3.47. The van der Waals surface area contributed by atoms with Gasteiger partial charge in [-0.3, -0.25) is 0 Å². The van der Waals surface area contributed by atoms with Gasteiger partial charge in [-0.2, -0.15) is 0 Å². The first-order chi connectivity index (χ1) is 9.26. The van der Waals surface area contributed by atoms with Gasteiger partial charge in [0, 0.05) is 23.8 Å². The highest BCUT2D eigenvalue weighted by atomic mass is 16.5. The van der Waals surface area contributed by atoms with Crippen LogP contribution in [-0.4, -0.2) is 29.8 Å². The molecule has 0 radical (unpaired) electrons. The van der Waals surface area contributed by atoms with Crippen LogP contribution in [0.25, 0.3) is 0 Å². The van der Waals surface area contributed by atoms with Crippen molar-refractivity contribution in [3.63, 3.8) is 0 Å². The molecular weight excluding hydrogens is 252 g/mol. The van der Waals surface area contributed by atoms with E-state index in [9.17, 15) is 0 Å². The zero-order chi connectivity index (χ0) is 15.2. The second kappa shape index (κ2) is 7.60. The van der Waals surface area contributed by atoms with Crippen molar-refractivity contribution in [1.82, 2.24) is 10.3 Å². The quantitative estimate of drug-likeness (QED) is 0.780. The number of nitrogens with zero attached hydrogens (tertiary/aromatic N) is 1. The maximum Gasteiger partial charge on any atom is 0.213 e. The zero-order valence-electron chi connectivity index (χ0n) is 13.6. The van der Waals surface area contributed by atoms with Gasteiger partial charge < -0.3 is 14.8 Å². The van der Waals surface area contributed by atoms with Crippen molar-refractivity contribution in [2.45, 2.75) is 59.7 Å². The molecule has 114 valence electrons. The molecule has 0 bridgehead atoms. The molecule has 0 saturated carbocycles. The van der Waals surface area contributed by atoms with Gasteiger partial charge in [-0.05, 0) is 53.2 Å². The number of hydrogen-bond acceptors (Lipinski definition) is 4. The number of rotatable bonds is 7. The van der Waals surface area contributed by atoms with Crippen LogP contribution in [-0.2, 0) is 11.3 Å². The highest BCUT2D eigenvalue weighted by Crippen LogP contribution is 2.13. The summed E-state index contributed by atoms with van der Waals surface area (Å²) in [7, 11) is 0. The average molecular weight is 280 g/mol. The number of nitrogens with one attached hydrogen (secondary N) is 1. The van der Waals surface area contributed by atoms with Gasteiger partial charge >= 0.3 is 0 Å². The Hall–Kier alpha value is -1.13. The number of ether oxygens (including phenoxy) is 2. The Morgan fingerprint density at radius 3 is 2.50 bits per heavy atom. The Kier molecular flexibility index (Phi) is 6.43. The molecular formula is C16H28N2O2. The van der Waals surface area contributed by atoms with Crippen molar-refractivity contribution in [3.8, 4) is 5.88 Å². The van der Waals surface area contributed by atoms with Crippen LogP contribution in [0.5, 0.6) is 5.88 Å². The summed E-state index contributed by atoms with van der Waals surface area (Å²) in [6, 6.07) is 4.07. The molecule has 1 rings (SSSR count). The molecule has 0 aliphatic rings. The second-order valence-corrected chi connectivity index (χ2v) is 6.33. The van der Waals surface area contributed by atoms with E-state index in [1.807, 2.05) is 26.8 Å². The summed E-state index contributed by atoms with van der Waals surface area (Å²) < 4.78 is 11.1. The summed E-state index contributed by atoms with van der Waals surface area (Å²) in [5.41, 5.74) is 2.26. The Morgan fingerprint density at radius 1 is 1.20 bits per heavy atom. The highest BCUT2D eigenvalue weighted by Gasteiger charge is 2.09. The molecule has 1 heterocycles. The molecule has 0 aliphatic heterocycles. The normalized spacial score (nSPS) is 11.9. The van der Waals surface area contributed by atoms with E-state index < -0.39 is 0 Å². The standard InChI is InChI=1S/C16H28N2O2/c1-12(2)19-7-8-20-15-10-14(9-13(3)18-15)11-17-16(4,5)6/h9-10,12,17H,7-8,11H2,1-6H3. The molecule has 1 aromatic rings. The van der Waals surface area contributed by atoms with E-state index in [1.165, 1.54) is 5.56 Å². The fraction of sp³-hybridized carbons (Fsp3) is 0.688. The third-order valence-corrected chi connectivity index (χ3v) is 2.60. The summed E-state index contributed by atoms with van der Waals surface area (Å²) >= 11 is 0. The molecule has 4 nitrogen and oxygen atoms in total. The molecule has 0 atom stereocenters. The van der Waals surface area contributed by atoms with E-state index in [2.05, 4.69) is 37.1 Å². The van der Waals surface area contributed by atoms with Gasteiger partial charge in [-0.25, -0.2) is 4.98 Å². The van der Waals surface area contributed by atoms with Crippen molar-refractivity contribution in [2.75, 3.05) is 13.2 Å². The van der Waals surface area contributed by atoms with Gasteiger partial charge in [0.2, 0.25) is 5.88 Å².